The van der Waals surface area contributed by atoms with Crippen LogP contribution < -0.4 is 10.1 Å². The highest BCUT2D eigenvalue weighted by molar-refractivity contribution is 5.93. The van der Waals surface area contributed by atoms with Crippen LogP contribution in [0.15, 0.2) is 41.6 Å². The Morgan fingerprint density at radius 1 is 1.29 bits per heavy atom. The van der Waals surface area contributed by atoms with Crippen LogP contribution in [0.5, 0.6) is 5.75 Å². The molecule has 0 amide bonds. The number of methoxy groups -OCH3 is 2. The first-order chi connectivity index (χ1) is 14.9. The van der Waals surface area contributed by atoms with Crippen LogP contribution in [0.25, 0.3) is 0 Å². The van der Waals surface area contributed by atoms with Crippen molar-refractivity contribution in [3.8, 4) is 5.75 Å². The Bertz CT molecular complexity index is 1030. The largest absolute Gasteiger partial charge is 0.497 e. The number of hydrogen-bond acceptors (Lipinski definition) is 7. The number of hydrogen-bond donors (Lipinski definition) is 1. The van der Waals surface area contributed by atoms with Crippen molar-refractivity contribution < 1.29 is 23.8 Å². The van der Waals surface area contributed by atoms with Gasteiger partial charge >= 0.3 is 11.9 Å². The minimum atomic E-state index is -0.531. The van der Waals surface area contributed by atoms with Crippen LogP contribution >= 0.6 is 0 Å². The maximum absolute atomic E-state index is 13.0. The van der Waals surface area contributed by atoms with Crippen molar-refractivity contribution in [3.63, 3.8) is 0 Å². The predicted molar refractivity (Wildman–Crippen MR) is 115 cm³/mol. The first-order valence-electron chi connectivity index (χ1n) is 10.7. The van der Waals surface area contributed by atoms with Gasteiger partial charge in [-0.1, -0.05) is 18.2 Å². The van der Waals surface area contributed by atoms with E-state index >= 15 is 0 Å². The standard InChI is InChI=1S/C24H28N2O5/c1-14(31-15(2)27)23-8-5-10-26-11-9-24(22(23)26)18-7-6-16(29-3)12-19(18)25-20(24)17(13-23)21(28)30-4/h5-8,12,14,22,25H,9-11,13H2,1-4H3/t14-,22-,23-,24-/m0/s1. The fourth-order valence-electron chi connectivity index (χ4n) is 6.51. The van der Waals surface area contributed by atoms with Gasteiger partial charge in [0.1, 0.15) is 11.9 Å². The number of rotatable bonds is 4. The van der Waals surface area contributed by atoms with Gasteiger partial charge < -0.3 is 19.5 Å². The molecule has 1 aromatic carbocycles. The molecule has 31 heavy (non-hydrogen) atoms. The van der Waals surface area contributed by atoms with E-state index in [1.165, 1.54) is 14.0 Å². The van der Waals surface area contributed by atoms with E-state index in [2.05, 4.69) is 28.4 Å². The van der Waals surface area contributed by atoms with Gasteiger partial charge in [0.05, 0.1) is 25.2 Å². The van der Waals surface area contributed by atoms with Crippen molar-refractivity contribution >= 4 is 17.6 Å². The molecule has 0 saturated carbocycles. The predicted octanol–water partition coefficient (Wildman–Crippen LogP) is 2.77. The lowest BCUT2D eigenvalue weighted by Gasteiger charge is -2.55. The first kappa shape index (κ1) is 20.1. The Hall–Kier alpha value is -2.80. The van der Waals surface area contributed by atoms with Crippen molar-refractivity contribution in [2.24, 2.45) is 5.41 Å². The van der Waals surface area contributed by atoms with Crippen molar-refractivity contribution in [2.45, 2.75) is 44.2 Å². The van der Waals surface area contributed by atoms with Gasteiger partial charge in [0.2, 0.25) is 0 Å². The summed E-state index contributed by atoms with van der Waals surface area (Å²) >= 11 is 0. The number of anilines is 1. The molecule has 1 fully saturated rings. The third-order valence-corrected chi connectivity index (χ3v) is 7.63. The van der Waals surface area contributed by atoms with E-state index in [1.54, 1.807) is 7.11 Å². The normalized spacial score (nSPS) is 31.3. The molecule has 1 aromatic rings. The van der Waals surface area contributed by atoms with E-state index in [9.17, 15) is 9.59 Å². The molecule has 7 nitrogen and oxygen atoms in total. The topological polar surface area (TPSA) is 77.1 Å². The summed E-state index contributed by atoms with van der Waals surface area (Å²) in [4.78, 5) is 27.4. The van der Waals surface area contributed by atoms with E-state index < -0.39 is 16.9 Å². The zero-order chi connectivity index (χ0) is 22.0. The van der Waals surface area contributed by atoms with Gasteiger partial charge in [-0.2, -0.15) is 0 Å². The number of ether oxygens (including phenoxy) is 3. The van der Waals surface area contributed by atoms with E-state index in [0.717, 1.165) is 42.2 Å². The quantitative estimate of drug-likeness (QED) is 0.588. The third kappa shape index (κ3) is 2.56. The third-order valence-electron chi connectivity index (χ3n) is 7.63. The zero-order valence-corrected chi connectivity index (χ0v) is 18.4. The molecule has 3 heterocycles. The molecular weight excluding hydrogens is 396 g/mol. The Labute approximate surface area is 182 Å². The van der Waals surface area contributed by atoms with Crippen molar-refractivity contribution in [1.29, 1.82) is 0 Å². The second-order valence-corrected chi connectivity index (χ2v) is 8.94. The Kier molecular flexibility index (Phi) is 4.45. The molecule has 1 saturated heterocycles. The second-order valence-electron chi connectivity index (χ2n) is 8.94. The lowest BCUT2D eigenvalue weighted by atomic mass is 9.54. The van der Waals surface area contributed by atoms with Gasteiger partial charge in [-0.3, -0.25) is 9.69 Å². The molecular formula is C24H28N2O5. The average Bonchev–Trinajstić information content (AvgIpc) is 3.31. The average molecular weight is 424 g/mol. The number of carbonyl (C=O) groups excluding carboxylic acids is 2. The molecule has 1 spiro atoms. The molecule has 3 aliphatic heterocycles. The number of benzene rings is 1. The van der Waals surface area contributed by atoms with Gasteiger partial charge in [-0.25, -0.2) is 4.79 Å². The lowest BCUT2D eigenvalue weighted by Crippen LogP contribution is -2.62. The summed E-state index contributed by atoms with van der Waals surface area (Å²) in [5, 5.41) is 3.57. The minimum absolute atomic E-state index is 0.0601. The molecule has 1 N–H and O–H groups in total. The van der Waals surface area contributed by atoms with Crippen LogP contribution in [0, 0.1) is 5.41 Å². The van der Waals surface area contributed by atoms with Crippen LogP contribution in [0.4, 0.5) is 5.69 Å². The minimum Gasteiger partial charge on any atom is -0.497 e. The van der Waals surface area contributed by atoms with E-state index in [0.29, 0.717) is 12.0 Å². The summed E-state index contributed by atoms with van der Waals surface area (Å²) < 4.78 is 16.4. The fourth-order valence-corrected chi connectivity index (χ4v) is 6.51. The molecule has 5 rings (SSSR count). The monoisotopic (exact) mass is 424 g/mol. The molecule has 7 heteroatoms. The Balaban J connectivity index is 1.78. The van der Waals surface area contributed by atoms with E-state index in [4.69, 9.17) is 14.2 Å². The number of nitrogens with zero attached hydrogens (tertiary/aromatic N) is 1. The van der Waals surface area contributed by atoms with Gasteiger partial charge in [0, 0.05) is 48.9 Å². The molecule has 0 bridgehead atoms. The lowest BCUT2D eigenvalue weighted by molar-refractivity contribution is -0.154. The van der Waals surface area contributed by atoms with Gasteiger partial charge in [0.15, 0.2) is 0 Å². The molecule has 4 atom stereocenters. The summed E-state index contributed by atoms with van der Waals surface area (Å²) in [5.41, 5.74) is 2.74. The van der Waals surface area contributed by atoms with E-state index in [-0.39, 0.29) is 18.0 Å². The number of carbonyl (C=O) groups is 2. The Morgan fingerprint density at radius 2 is 2.10 bits per heavy atom. The smallest absolute Gasteiger partial charge is 0.335 e. The van der Waals surface area contributed by atoms with Crippen LogP contribution in [0.2, 0.25) is 0 Å². The number of fused-ring (bicyclic) bond motifs is 1. The highest BCUT2D eigenvalue weighted by Gasteiger charge is 2.67. The molecule has 0 unspecified atom stereocenters. The molecule has 1 aliphatic carbocycles. The molecule has 0 aromatic heterocycles. The zero-order valence-electron chi connectivity index (χ0n) is 18.4. The van der Waals surface area contributed by atoms with Crippen molar-refractivity contribution in [3.05, 3.63) is 47.2 Å². The van der Waals surface area contributed by atoms with Crippen LogP contribution in [-0.4, -0.2) is 56.3 Å². The van der Waals surface area contributed by atoms with Crippen LogP contribution in [0.3, 0.4) is 0 Å². The maximum atomic E-state index is 13.0. The van der Waals surface area contributed by atoms with Crippen LogP contribution in [-0.2, 0) is 24.5 Å². The highest BCUT2D eigenvalue weighted by Crippen LogP contribution is 2.64. The number of esters is 2. The summed E-state index contributed by atoms with van der Waals surface area (Å²) in [5.74, 6) is 0.106. The molecule has 0 radical (unpaired) electrons. The highest BCUT2D eigenvalue weighted by atomic mass is 16.5. The summed E-state index contributed by atoms with van der Waals surface area (Å²) in [6.07, 6.45) is 5.24. The van der Waals surface area contributed by atoms with E-state index in [1.807, 2.05) is 19.1 Å². The summed E-state index contributed by atoms with van der Waals surface area (Å²) in [6.45, 7) is 5.12. The van der Waals surface area contributed by atoms with Gasteiger partial charge in [0.25, 0.3) is 0 Å². The number of nitrogens with one attached hydrogen (secondary N) is 1. The van der Waals surface area contributed by atoms with Crippen molar-refractivity contribution in [2.75, 3.05) is 32.6 Å². The first-order valence-corrected chi connectivity index (χ1v) is 10.7. The van der Waals surface area contributed by atoms with Crippen molar-refractivity contribution in [1.82, 2.24) is 4.90 Å². The Morgan fingerprint density at radius 3 is 2.81 bits per heavy atom. The summed E-state index contributed by atoms with van der Waals surface area (Å²) in [7, 11) is 3.07. The van der Waals surface area contributed by atoms with Gasteiger partial charge in [-0.05, 0) is 31.4 Å². The molecule has 4 aliphatic rings. The van der Waals surface area contributed by atoms with Crippen LogP contribution in [0.1, 0.15) is 32.3 Å². The molecule has 164 valence electrons. The second kappa shape index (κ2) is 6.85. The summed E-state index contributed by atoms with van der Waals surface area (Å²) in [6, 6.07) is 6.13. The maximum Gasteiger partial charge on any atom is 0.335 e. The fraction of sp³-hybridized carbons (Fsp3) is 0.500. The SMILES string of the molecule is COC(=O)C1=C2Nc3cc(OC)ccc3[C@@]23CCN2CC=C[C@@]([C@H](C)OC(C)=O)(C1)[C@H]23. The van der Waals surface area contributed by atoms with Gasteiger partial charge in [-0.15, -0.1) is 0 Å².